The van der Waals surface area contributed by atoms with Gasteiger partial charge in [-0.05, 0) is 24.1 Å². The minimum atomic E-state index is -1.16. The van der Waals surface area contributed by atoms with Crippen LogP contribution < -0.4 is 11.3 Å². The molecule has 6 N–H and O–H groups in total. The van der Waals surface area contributed by atoms with E-state index >= 15 is 0 Å². The van der Waals surface area contributed by atoms with Gasteiger partial charge in [0.05, 0.1) is 46.2 Å². The fourth-order valence-corrected chi connectivity index (χ4v) is 4.10. The molecule has 1 aliphatic rings. The molecule has 2 heterocycles. The number of hydrogen-bond acceptors (Lipinski definition) is 7. The number of nitrogens with two attached hydrogens (primary N) is 1. The summed E-state index contributed by atoms with van der Waals surface area (Å²) >= 11 is 12.0. The summed E-state index contributed by atoms with van der Waals surface area (Å²) in [5.41, 5.74) is 1.37. The van der Waals surface area contributed by atoms with Crippen LogP contribution in [0.15, 0.2) is 35.8 Å². The highest BCUT2D eigenvalue weighted by atomic mass is 35.5. The lowest BCUT2D eigenvalue weighted by Crippen LogP contribution is -2.31. The Kier molecular flexibility index (Phi) is 5.02. The number of aliphatic hydroxyl groups is 3. The van der Waals surface area contributed by atoms with Crippen molar-refractivity contribution in [3.05, 3.63) is 51.8 Å². The van der Waals surface area contributed by atoms with Crippen LogP contribution in [0.25, 0.3) is 11.0 Å². The summed E-state index contributed by atoms with van der Waals surface area (Å²) in [4.78, 5) is 6.98. The lowest BCUT2D eigenvalue weighted by molar-refractivity contribution is -0.0271. The number of benzene rings is 1. The highest BCUT2D eigenvalue weighted by Crippen LogP contribution is 2.43. The van der Waals surface area contributed by atoms with Crippen LogP contribution in [-0.4, -0.2) is 47.3 Å². The molecule has 1 aliphatic carbocycles. The molecule has 28 heavy (non-hydrogen) atoms. The highest BCUT2D eigenvalue weighted by molar-refractivity contribution is 6.42. The average Bonchev–Trinajstić information content (AvgIpc) is 3.25. The molecule has 2 aromatic heterocycles. The molecule has 4 rings (SSSR count). The van der Waals surface area contributed by atoms with Crippen molar-refractivity contribution in [2.75, 3.05) is 0 Å². The van der Waals surface area contributed by atoms with Gasteiger partial charge in [0.1, 0.15) is 11.8 Å². The van der Waals surface area contributed by atoms with E-state index in [4.69, 9.17) is 29.0 Å². The molecule has 1 saturated carbocycles. The van der Waals surface area contributed by atoms with Gasteiger partial charge in [0.25, 0.3) is 0 Å². The predicted octanol–water partition coefficient (Wildman–Crippen LogP) is 0.857. The van der Waals surface area contributed by atoms with Crippen molar-refractivity contribution in [3.8, 4) is 0 Å². The van der Waals surface area contributed by atoms with Gasteiger partial charge < -0.3 is 26.1 Å². The number of hydrogen-bond donors (Lipinski definition) is 5. The number of H-pyrrole nitrogens is 1. The Hall–Kier alpha value is -2.17. The molecule has 0 saturated heterocycles. The highest BCUT2D eigenvalue weighted by Gasteiger charge is 2.46. The fraction of sp³-hybridized carbons (Fsp3) is 0.353. The van der Waals surface area contributed by atoms with E-state index in [2.05, 4.69) is 20.2 Å². The van der Waals surface area contributed by atoms with Gasteiger partial charge in [-0.2, -0.15) is 10.2 Å². The molecule has 1 aromatic carbocycles. The van der Waals surface area contributed by atoms with E-state index in [1.165, 1.54) is 12.5 Å². The summed E-state index contributed by atoms with van der Waals surface area (Å²) < 4.78 is 1.56. The minimum absolute atomic E-state index is 0.284. The van der Waals surface area contributed by atoms with Gasteiger partial charge >= 0.3 is 0 Å². The first-order valence-corrected chi connectivity index (χ1v) is 9.32. The van der Waals surface area contributed by atoms with Crippen LogP contribution in [0.2, 0.25) is 10.0 Å². The summed E-state index contributed by atoms with van der Waals surface area (Å²) in [7, 11) is 0. The van der Waals surface area contributed by atoms with Crippen LogP contribution >= 0.6 is 23.2 Å². The molecule has 1 unspecified atom stereocenters. The second kappa shape index (κ2) is 7.34. The summed E-state index contributed by atoms with van der Waals surface area (Å²) in [6, 6.07) is 4.21. The van der Waals surface area contributed by atoms with Crippen LogP contribution in [0.1, 0.15) is 24.1 Å². The smallest absolute Gasteiger partial charge is 0.185 e. The molecular weight excluding hydrogens is 407 g/mol. The van der Waals surface area contributed by atoms with Crippen molar-refractivity contribution in [1.29, 1.82) is 0 Å². The van der Waals surface area contributed by atoms with Crippen LogP contribution in [0.3, 0.4) is 0 Å². The Morgan fingerprint density at radius 2 is 2.04 bits per heavy atom. The molecule has 0 amide bonds. The maximum absolute atomic E-state index is 10.8. The van der Waals surface area contributed by atoms with E-state index in [1.807, 2.05) is 0 Å². The van der Waals surface area contributed by atoms with Crippen LogP contribution in [0.4, 0.5) is 0 Å². The Bertz CT molecular complexity index is 1080. The molecule has 9 nitrogen and oxygen atoms in total. The largest absolute Gasteiger partial charge is 0.390 e. The van der Waals surface area contributed by atoms with Gasteiger partial charge in [-0.1, -0.05) is 29.3 Å². The predicted molar refractivity (Wildman–Crippen MR) is 102 cm³/mol. The number of rotatable bonds is 3. The Morgan fingerprint density at radius 3 is 2.75 bits per heavy atom. The number of aliphatic hydroxyl groups excluding tert-OH is 3. The van der Waals surface area contributed by atoms with E-state index in [0.29, 0.717) is 32.1 Å². The maximum Gasteiger partial charge on any atom is 0.185 e. The van der Waals surface area contributed by atoms with Crippen molar-refractivity contribution in [3.63, 3.8) is 0 Å². The van der Waals surface area contributed by atoms with Crippen LogP contribution in [0, 0.1) is 5.92 Å². The molecule has 0 radical (unpaired) electrons. The second-order valence-corrected chi connectivity index (χ2v) is 7.59. The third-order valence-electron chi connectivity index (χ3n) is 5.25. The molecule has 0 bridgehead atoms. The first kappa shape index (κ1) is 19.2. The Morgan fingerprint density at radius 1 is 1.25 bits per heavy atom. The van der Waals surface area contributed by atoms with E-state index in [1.54, 1.807) is 22.9 Å². The van der Waals surface area contributed by atoms with E-state index < -0.39 is 30.3 Å². The number of nitrogens with one attached hydrogen (secondary N) is 1. The molecular formula is C17H18Cl2N6O3. The normalized spacial score (nSPS) is 26.8. The quantitative estimate of drug-likeness (QED) is 0.311. The zero-order valence-electron chi connectivity index (χ0n) is 14.4. The molecule has 0 spiro atoms. The van der Waals surface area contributed by atoms with Crippen molar-refractivity contribution < 1.29 is 15.3 Å². The third-order valence-corrected chi connectivity index (χ3v) is 5.99. The number of aromatic amines is 1. The van der Waals surface area contributed by atoms with Gasteiger partial charge in [-0.3, -0.25) is 0 Å². The van der Waals surface area contributed by atoms with Gasteiger partial charge in [0.15, 0.2) is 5.49 Å². The van der Waals surface area contributed by atoms with Crippen molar-refractivity contribution in [2.24, 2.45) is 16.9 Å². The van der Waals surface area contributed by atoms with Gasteiger partial charge in [0.2, 0.25) is 0 Å². The minimum Gasteiger partial charge on any atom is -0.390 e. The van der Waals surface area contributed by atoms with Gasteiger partial charge in [-0.25, -0.2) is 9.67 Å². The fourth-order valence-electron chi connectivity index (χ4n) is 3.79. The number of fused-ring (bicyclic) bond motifs is 1. The van der Waals surface area contributed by atoms with Crippen LogP contribution in [0.5, 0.6) is 0 Å². The van der Waals surface area contributed by atoms with Crippen molar-refractivity contribution in [2.45, 2.75) is 30.8 Å². The molecule has 11 heteroatoms. The first-order valence-electron chi connectivity index (χ1n) is 8.56. The zero-order chi connectivity index (χ0) is 20.0. The number of halogens is 2. The molecule has 3 aromatic rings. The van der Waals surface area contributed by atoms with Gasteiger partial charge in [-0.15, -0.1) is 0 Å². The molecule has 148 valence electrons. The summed E-state index contributed by atoms with van der Waals surface area (Å²) in [5.74, 6) is 4.72. The standard InChI is InChI=1S/C17H18Cl2N6O3/c18-10-2-1-7(3-11(10)19)13(26)8-4-12(15(28)14(8)27)25-17-9(5-23-25)16(24-20)21-6-22-17/h1-3,5-6,8,12-15,26-28H,4,20H2,(H,21,22,24)/t8-,12-,13?,14-,15+/m1/s1. The second-order valence-electron chi connectivity index (χ2n) is 6.77. The van der Waals surface area contributed by atoms with E-state index in [-0.39, 0.29) is 6.42 Å². The Labute approximate surface area is 169 Å². The molecule has 5 atom stereocenters. The number of nitrogens with zero attached hydrogens (tertiary/aromatic N) is 4. The summed E-state index contributed by atoms with van der Waals surface area (Å²) in [5, 5.41) is 41.2. The zero-order valence-corrected chi connectivity index (χ0v) is 16.0. The van der Waals surface area contributed by atoms with Gasteiger partial charge in [0, 0.05) is 5.92 Å². The molecule has 0 aliphatic heterocycles. The SMILES string of the molecule is N/N=c1/nc[nH]c2c1cnn2[C@@H]1C[C@H](C(O)c2ccc(Cl)c(Cl)c2)[C@@H](O)[C@H]1O. The van der Waals surface area contributed by atoms with E-state index in [9.17, 15) is 15.3 Å². The first-order chi connectivity index (χ1) is 13.4. The van der Waals surface area contributed by atoms with Crippen molar-refractivity contribution >= 4 is 34.2 Å². The summed E-state index contributed by atoms with van der Waals surface area (Å²) in [6.45, 7) is 0. The third kappa shape index (κ3) is 3.05. The average molecular weight is 425 g/mol. The Balaban J connectivity index is 1.67. The topological polar surface area (TPSA) is 146 Å². The van der Waals surface area contributed by atoms with Crippen molar-refractivity contribution in [1.82, 2.24) is 19.7 Å². The van der Waals surface area contributed by atoms with Crippen LogP contribution in [-0.2, 0) is 0 Å². The monoisotopic (exact) mass is 424 g/mol. The lowest BCUT2D eigenvalue weighted by atomic mass is 9.92. The number of aromatic nitrogens is 4. The molecule has 1 fully saturated rings. The summed E-state index contributed by atoms with van der Waals surface area (Å²) in [6.07, 6.45) is -0.0875. The maximum atomic E-state index is 10.8. The lowest BCUT2D eigenvalue weighted by Gasteiger charge is -2.22. The van der Waals surface area contributed by atoms with E-state index in [0.717, 1.165) is 0 Å².